The molecule has 1 saturated heterocycles. The highest BCUT2D eigenvalue weighted by molar-refractivity contribution is 5.64. The molecular weight excluding hydrogens is 421 g/mol. The van der Waals surface area contributed by atoms with E-state index in [1.165, 1.54) is 25.7 Å². The van der Waals surface area contributed by atoms with Crippen molar-refractivity contribution >= 4 is 6.09 Å². The maximum atomic E-state index is 13.7. The van der Waals surface area contributed by atoms with Crippen molar-refractivity contribution in [2.24, 2.45) is 5.92 Å². The molecule has 1 amide bonds. The van der Waals surface area contributed by atoms with Gasteiger partial charge in [-0.25, -0.2) is 18.0 Å². The first-order chi connectivity index (χ1) is 15.4. The van der Waals surface area contributed by atoms with Crippen molar-refractivity contribution in [2.75, 3.05) is 19.6 Å². The number of amides is 1. The van der Waals surface area contributed by atoms with Gasteiger partial charge in [0.25, 0.3) is 0 Å². The van der Waals surface area contributed by atoms with Gasteiger partial charge in [-0.1, -0.05) is 25.7 Å². The predicted molar refractivity (Wildman–Crippen MR) is 116 cm³/mol. The van der Waals surface area contributed by atoms with E-state index in [1.54, 1.807) is 0 Å². The Morgan fingerprint density at radius 1 is 0.969 bits per heavy atom. The first-order valence-corrected chi connectivity index (χ1v) is 11.9. The van der Waals surface area contributed by atoms with E-state index in [0.29, 0.717) is 30.9 Å². The van der Waals surface area contributed by atoms with Crippen molar-refractivity contribution in [3.63, 3.8) is 0 Å². The fraction of sp³-hybridized carbons (Fsp3) is 0.708. The van der Waals surface area contributed by atoms with Gasteiger partial charge in [0.05, 0.1) is 0 Å². The molecule has 0 bridgehead atoms. The summed E-state index contributed by atoms with van der Waals surface area (Å²) in [5.74, 6) is -2.85. The van der Waals surface area contributed by atoms with Crippen LogP contribution in [-0.4, -0.2) is 47.9 Å². The third-order valence-corrected chi connectivity index (χ3v) is 6.81. The first kappa shape index (κ1) is 24.7. The second kappa shape index (κ2) is 12.3. The summed E-state index contributed by atoms with van der Waals surface area (Å²) >= 11 is 0. The second-order valence-electron chi connectivity index (χ2n) is 9.23. The molecule has 32 heavy (non-hydrogen) atoms. The second-order valence-corrected chi connectivity index (χ2v) is 9.23. The van der Waals surface area contributed by atoms with E-state index in [1.807, 2.05) is 0 Å². The highest BCUT2D eigenvalue weighted by Crippen LogP contribution is 2.29. The van der Waals surface area contributed by atoms with Crippen LogP contribution in [0.1, 0.15) is 70.6 Å². The molecule has 5 nitrogen and oxygen atoms in total. The van der Waals surface area contributed by atoms with Gasteiger partial charge in [-0.2, -0.15) is 0 Å². The largest absolute Gasteiger partial charge is 0.484 e. The number of carboxylic acid groups (broad SMARTS) is 1. The average Bonchev–Trinajstić information content (AvgIpc) is 2.69. The summed E-state index contributed by atoms with van der Waals surface area (Å²) < 4.78 is 45.9. The van der Waals surface area contributed by atoms with Gasteiger partial charge in [-0.15, -0.1) is 0 Å². The van der Waals surface area contributed by atoms with Crippen LogP contribution >= 0.6 is 0 Å². The fourth-order valence-electron chi connectivity index (χ4n) is 4.44. The number of hydrogen-bond donors (Lipinski definition) is 2. The molecule has 4 rings (SSSR count). The summed E-state index contributed by atoms with van der Waals surface area (Å²) in [5, 5.41) is 11.3. The lowest BCUT2D eigenvalue weighted by atomic mass is 9.84. The summed E-state index contributed by atoms with van der Waals surface area (Å²) in [6, 6.07) is 1.34. The number of benzene rings is 1. The molecule has 0 aromatic heterocycles. The number of ether oxygens (including phenoxy) is 1. The summed E-state index contributed by atoms with van der Waals surface area (Å²) in [4.78, 5) is 13.0. The number of nitrogens with one attached hydrogen (secondary N) is 1. The maximum Gasteiger partial charge on any atom is 0.404 e. The quantitative estimate of drug-likeness (QED) is 0.574. The van der Waals surface area contributed by atoms with Crippen LogP contribution in [0.3, 0.4) is 0 Å². The number of likely N-dealkylation sites (tertiary alicyclic amines) is 1. The Labute approximate surface area is 188 Å². The Balaban J connectivity index is 0.000000650. The Bertz CT molecular complexity index is 702. The third kappa shape index (κ3) is 7.87. The molecule has 1 heterocycles. The van der Waals surface area contributed by atoms with E-state index < -0.39 is 29.3 Å². The SMILES string of the molecule is C1CCC1.O=C(O)N[C@H]1CC[C@H](CCN2CCC(Oc3c(F)cc(F)cc3F)CC2)CC1. The van der Waals surface area contributed by atoms with Gasteiger partial charge in [-0.3, -0.25) is 0 Å². The van der Waals surface area contributed by atoms with Crippen molar-refractivity contribution in [2.45, 2.75) is 82.8 Å². The smallest absolute Gasteiger partial charge is 0.404 e. The Morgan fingerprint density at radius 2 is 1.53 bits per heavy atom. The summed E-state index contributed by atoms with van der Waals surface area (Å²) in [5.41, 5.74) is 0. The molecule has 8 heteroatoms. The van der Waals surface area contributed by atoms with Crippen LogP contribution in [0.2, 0.25) is 0 Å². The molecule has 0 atom stereocenters. The zero-order valence-corrected chi connectivity index (χ0v) is 18.6. The molecule has 180 valence electrons. The first-order valence-electron chi connectivity index (χ1n) is 11.9. The van der Waals surface area contributed by atoms with E-state index in [0.717, 1.165) is 51.7 Å². The van der Waals surface area contributed by atoms with Gasteiger partial charge in [0.2, 0.25) is 0 Å². The van der Waals surface area contributed by atoms with Crippen molar-refractivity contribution in [3.8, 4) is 5.75 Å². The van der Waals surface area contributed by atoms with Crippen LogP contribution < -0.4 is 10.1 Å². The molecule has 0 unspecified atom stereocenters. The van der Waals surface area contributed by atoms with Crippen molar-refractivity contribution < 1.29 is 27.8 Å². The highest BCUT2D eigenvalue weighted by atomic mass is 19.1. The van der Waals surface area contributed by atoms with Crippen LogP contribution in [0.25, 0.3) is 0 Å². The molecule has 0 spiro atoms. The number of nitrogens with zero attached hydrogens (tertiary/aromatic N) is 1. The van der Waals surface area contributed by atoms with Crippen LogP contribution in [0, 0.1) is 23.4 Å². The fourth-order valence-corrected chi connectivity index (χ4v) is 4.44. The van der Waals surface area contributed by atoms with Gasteiger partial charge in [0.15, 0.2) is 17.4 Å². The maximum absolute atomic E-state index is 13.7. The minimum Gasteiger partial charge on any atom is -0.484 e. The van der Waals surface area contributed by atoms with Crippen LogP contribution in [0.5, 0.6) is 5.75 Å². The number of carbonyl (C=O) groups is 1. The van der Waals surface area contributed by atoms with E-state index in [-0.39, 0.29) is 12.1 Å². The average molecular weight is 457 g/mol. The standard InChI is InChI=1S/C20H27F3N2O3.C4H8/c21-14-11-17(22)19(18(23)12-14)28-16-6-9-25(10-7-16)8-5-13-1-3-15(4-2-13)24-20(26)27;1-2-4-3-1/h11-13,15-16,24H,1-10H2,(H,26,27);1-4H2/t13-,15-;. The van der Waals surface area contributed by atoms with Crippen LogP contribution in [0.15, 0.2) is 12.1 Å². The lowest BCUT2D eigenvalue weighted by Gasteiger charge is -2.34. The molecule has 2 aliphatic carbocycles. The van der Waals surface area contributed by atoms with E-state index in [9.17, 15) is 18.0 Å². The van der Waals surface area contributed by atoms with Crippen LogP contribution in [0.4, 0.5) is 18.0 Å². The van der Waals surface area contributed by atoms with Gasteiger partial charge in [-0.05, 0) is 57.4 Å². The zero-order chi connectivity index (χ0) is 22.9. The number of hydrogen-bond acceptors (Lipinski definition) is 3. The minimum absolute atomic E-state index is 0.0777. The Kier molecular flexibility index (Phi) is 9.51. The minimum atomic E-state index is -1.01. The molecule has 0 radical (unpaired) electrons. The van der Waals surface area contributed by atoms with Crippen molar-refractivity contribution in [1.29, 1.82) is 0 Å². The predicted octanol–water partition coefficient (Wildman–Crippen LogP) is 5.72. The van der Waals surface area contributed by atoms with Crippen LogP contribution in [-0.2, 0) is 0 Å². The number of piperidine rings is 1. The summed E-state index contributed by atoms with van der Waals surface area (Å²) in [7, 11) is 0. The zero-order valence-electron chi connectivity index (χ0n) is 18.6. The molecule has 3 fully saturated rings. The summed E-state index contributed by atoms with van der Waals surface area (Å²) in [6.45, 7) is 2.56. The lowest BCUT2D eigenvalue weighted by molar-refractivity contribution is 0.0883. The van der Waals surface area contributed by atoms with Crippen molar-refractivity contribution in [1.82, 2.24) is 10.2 Å². The van der Waals surface area contributed by atoms with E-state index >= 15 is 0 Å². The topological polar surface area (TPSA) is 61.8 Å². The lowest BCUT2D eigenvalue weighted by Crippen LogP contribution is -2.40. The monoisotopic (exact) mass is 456 g/mol. The van der Waals surface area contributed by atoms with E-state index in [4.69, 9.17) is 9.84 Å². The Hall–Kier alpha value is -1.96. The van der Waals surface area contributed by atoms with Crippen molar-refractivity contribution in [3.05, 3.63) is 29.6 Å². The molecule has 1 aromatic rings. The number of rotatable bonds is 6. The van der Waals surface area contributed by atoms with Gasteiger partial charge >= 0.3 is 6.09 Å². The molecule has 1 aromatic carbocycles. The highest BCUT2D eigenvalue weighted by Gasteiger charge is 2.26. The third-order valence-electron chi connectivity index (χ3n) is 6.81. The summed E-state index contributed by atoms with van der Waals surface area (Å²) in [6.07, 6.45) is 11.0. The molecule has 3 aliphatic rings. The van der Waals surface area contributed by atoms with Gasteiger partial charge in [0, 0.05) is 31.3 Å². The molecule has 1 aliphatic heterocycles. The van der Waals surface area contributed by atoms with E-state index in [2.05, 4.69) is 10.2 Å². The Morgan fingerprint density at radius 3 is 2.03 bits per heavy atom. The number of halogens is 3. The molecular formula is C24H35F3N2O3. The normalized spacial score (nSPS) is 24.1. The van der Waals surface area contributed by atoms with Gasteiger partial charge < -0.3 is 20.1 Å². The molecule has 2 N–H and O–H groups in total. The molecule has 2 saturated carbocycles. The van der Waals surface area contributed by atoms with Gasteiger partial charge in [0.1, 0.15) is 11.9 Å².